The van der Waals surface area contributed by atoms with Crippen molar-refractivity contribution >= 4 is 22.9 Å². The van der Waals surface area contributed by atoms with E-state index in [2.05, 4.69) is 22.8 Å². The van der Waals surface area contributed by atoms with Gasteiger partial charge in [-0.2, -0.15) is 0 Å². The van der Waals surface area contributed by atoms with E-state index in [0.29, 0.717) is 0 Å². The van der Waals surface area contributed by atoms with E-state index in [1.165, 1.54) is 50.3 Å². The fourth-order valence-electron chi connectivity index (χ4n) is 3.55. The first-order valence-electron chi connectivity index (χ1n) is 7.48. The van der Waals surface area contributed by atoms with Crippen molar-refractivity contribution in [2.45, 2.75) is 44.7 Å². The third kappa shape index (κ3) is 3.15. The summed E-state index contributed by atoms with van der Waals surface area (Å²) < 4.78 is 0.919. The summed E-state index contributed by atoms with van der Waals surface area (Å²) in [5, 5.41) is 0. The zero-order valence-electron chi connectivity index (χ0n) is 11.6. The Bertz CT molecular complexity index is 420. The van der Waals surface area contributed by atoms with Crippen molar-refractivity contribution < 1.29 is 0 Å². The van der Waals surface area contributed by atoms with Crippen molar-refractivity contribution in [1.29, 1.82) is 0 Å². The van der Waals surface area contributed by atoms with E-state index in [9.17, 15) is 0 Å². The van der Waals surface area contributed by atoms with Gasteiger partial charge in [0.05, 0.1) is 4.34 Å². The molecule has 4 heteroatoms. The van der Waals surface area contributed by atoms with Crippen LogP contribution in [-0.2, 0) is 6.42 Å². The number of halogens is 1. The Hall–Kier alpha value is -0.0900. The van der Waals surface area contributed by atoms with Crippen LogP contribution in [0.4, 0.5) is 0 Å². The van der Waals surface area contributed by atoms with E-state index in [-0.39, 0.29) is 0 Å². The molecule has 0 aromatic carbocycles. The number of thiophene rings is 1. The topological polar surface area (TPSA) is 6.48 Å². The van der Waals surface area contributed by atoms with Crippen molar-refractivity contribution in [3.05, 3.63) is 21.3 Å². The van der Waals surface area contributed by atoms with Gasteiger partial charge in [-0.15, -0.1) is 11.3 Å². The molecule has 2 saturated heterocycles. The molecule has 2 aliphatic rings. The van der Waals surface area contributed by atoms with Crippen LogP contribution < -0.4 is 0 Å². The molecule has 0 radical (unpaired) electrons. The van der Waals surface area contributed by atoms with E-state index in [4.69, 9.17) is 11.6 Å². The third-order valence-corrected chi connectivity index (χ3v) is 5.94. The minimum Gasteiger partial charge on any atom is -0.298 e. The number of hydrogen-bond acceptors (Lipinski definition) is 3. The van der Waals surface area contributed by atoms with Crippen LogP contribution in [0.15, 0.2) is 12.1 Å². The van der Waals surface area contributed by atoms with Crippen LogP contribution in [0.5, 0.6) is 0 Å². The van der Waals surface area contributed by atoms with Gasteiger partial charge in [-0.1, -0.05) is 18.5 Å². The van der Waals surface area contributed by atoms with Crippen LogP contribution in [0.3, 0.4) is 0 Å². The van der Waals surface area contributed by atoms with Crippen molar-refractivity contribution in [3.63, 3.8) is 0 Å². The molecule has 1 aromatic rings. The lowest BCUT2D eigenvalue weighted by Gasteiger charge is -2.43. The average molecular weight is 299 g/mol. The molecule has 2 fully saturated rings. The van der Waals surface area contributed by atoms with Gasteiger partial charge >= 0.3 is 0 Å². The average Bonchev–Trinajstić information content (AvgIpc) is 3.03. The fraction of sp³-hybridized carbons (Fsp3) is 0.733. The Morgan fingerprint density at radius 2 is 2.26 bits per heavy atom. The lowest BCUT2D eigenvalue weighted by molar-refractivity contribution is 0.0503. The molecule has 19 heavy (non-hydrogen) atoms. The Balaban J connectivity index is 1.58. The molecular weight excluding hydrogens is 276 g/mol. The monoisotopic (exact) mass is 298 g/mol. The van der Waals surface area contributed by atoms with E-state index >= 15 is 0 Å². The van der Waals surface area contributed by atoms with Crippen molar-refractivity contribution in [3.8, 4) is 0 Å². The summed E-state index contributed by atoms with van der Waals surface area (Å²) in [6, 6.07) is 5.78. The van der Waals surface area contributed by atoms with Crippen LogP contribution in [-0.4, -0.2) is 48.1 Å². The highest BCUT2D eigenvalue weighted by molar-refractivity contribution is 7.16. The highest BCUT2D eigenvalue weighted by Gasteiger charge is 2.35. The van der Waals surface area contributed by atoms with Gasteiger partial charge in [-0.05, 0) is 44.4 Å². The summed E-state index contributed by atoms with van der Waals surface area (Å²) >= 11 is 7.74. The van der Waals surface area contributed by atoms with Gasteiger partial charge in [0.1, 0.15) is 0 Å². The minimum atomic E-state index is 0.754. The second-order valence-electron chi connectivity index (χ2n) is 5.80. The summed E-state index contributed by atoms with van der Waals surface area (Å²) in [7, 11) is 0. The largest absolute Gasteiger partial charge is 0.298 e. The molecule has 3 rings (SSSR count). The maximum Gasteiger partial charge on any atom is 0.0931 e. The van der Waals surface area contributed by atoms with Gasteiger partial charge in [0.2, 0.25) is 0 Å². The highest BCUT2D eigenvalue weighted by atomic mass is 35.5. The van der Waals surface area contributed by atoms with Crippen LogP contribution in [0, 0.1) is 0 Å². The van der Waals surface area contributed by atoms with Gasteiger partial charge in [0, 0.05) is 36.6 Å². The Kier molecular flexibility index (Phi) is 4.47. The molecule has 0 spiro atoms. The zero-order valence-corrected chi connectivity index (χ0v) is 13.2. The molecule has 1 aromatic heterocycles. The normalized spacial score (nSPS) is 28.7. The summed E-state index contributed by atoms with van der Waals surface area (Å²) in [6.07, 6.45) is 5.22. The lowest BCUT2D eigenvalue weighted by Crippen LogP contribution is -2.56. The summed E-state index contributed by atoms with van der Waals surface area (Å²) in [4.78, 5) is 6.86. The van der Waals surface area contributed by atoms with Gasteiger partial charge < -0.3 is 0 Å². The Morgan fingerprint density at radius 1 is 1.37 bits per heavy atom. The minimum absolute atomic E-state index is 0.754. The number of piperazine rings is 1. The molecule has 2 aliphatic heterocycles. The van der Waals surface area contributed by atoms with Crippen molar-refractivity contribution in [2.75, 3.05) is 26.2 Å². The van der Waals surface area contributed by atoms with Gasteiger partial charge in [0.15, 0.2) is 0 Å². The molecule has 0 amide bonds. The molecule has 2 nitrogen and oxygen atoms in total. The number of nitrogens with zero attached hydrogens (tertiary/aromatic N) is 2. The quantitative estimate of drug-likeness (QED) is 0.839. The second-order valence-corrected chi connectivity index (χ2v) is 7.60. The number of hydrogen-bond donors (Lipinski definition) is 0. The van der Waals surface area contributed by atoms with Crippen LogP contribution >= 0.6 is 22.9 Å². The molecule has 3 heterocycles. The van der Waals surface area contributed by atoms with E-state index < -0.39 is 0 Å². The standard InChI is InChI=1S/C15H23ClN2S/c1-2-12-10-17-8-3-4-13(17)11-18(12)9-7-14-5-6-15(16)19-14/h5-6,12-13H,2-4,7-11H2,1H3. The van der Waals surface area contributed by atoms with Crippen molar-refractivity contribution in [1.82, 2.24) is 9.80 Å². The highest BCUT2D eigenvalue weighted by Crippen LogP contribution is 2.27. The van der Waals surface area contributed by atoms with E-state index in [1.807, 2.05) is 6.07 Å². The first kappa shape index (κ1) is 13.9. The summed E-state index contributed by atoms with van der Waals surface area (Å²) in [5.74, 6) is 0. The molecule has 2 atom stereocenters. The molecular formula is C15H23ClN2S. The smallest absolute Gasteiger partial charge is 0.0931 e. The predicted molar refractivity (Wildman–Crippen MR) is 83.3 cm³/mol. The summed E-state index contributed by atoms with van der Waals surface area (Å²) in [5.41, 5.74) is 0. The predicted octanol–water partition coefficient (Wildman–Crippen LogP) is 3.50. The first-order valence-corrected chi connectivity index (χ1v) is 8.68. The molecule has 0 saturated carbocycles. The van der Waals surface area contributed by atoms with E-state index in [0.717, 1.165) is 22.8 Å². The fourth-order valence-corrected chi connectivity index (χ4v) is 4.63. The number of rotatable bonds is 4. The summed E-state index contributed by atoms with van der Waals surface area (Å²) in [6.45, 7) is 7.41. The molecule has 2 unspecified atom stereocenters. The SMILES string of the molecule is CCC1CN2CCCC2CN1CCc1ccc(Cl)s1. The second kappa shape index (κ2) is 6.13. The zero-order chi connectivity index (χ0) is 13.2. The van der Waals surface area contributed by atoms with Crippen LogP contribution in [0.2, 0.25) is 4.34 Å². The van der Waals surface area contributed by atoms with Crippen LogP contribution in [0.25, 0.3) is 0 Å². The maximum atomic E-state index is 6.01. The van der Waals surface area contributed by atoms with Crippen LogP contribution in [0.1, 0.15) is 31.1 Å². The molecule has 0 aliphatic carbocycles. The Morgan fingerprint density at radius 3 is 3.00 bits per heavy atom. The first-order chi connectivity index (χ1) is 9.26. The van der Waals surface area contributed by atoms with Crippen molar-refractivity contribution in [2.24, 2.45) is 0 Å². The van der Waals surface area contributed by atoms with E-state index in [1.54, 1.807) is 11.3 Å². The number of fused-ring (bicyclic) bond motifs is 1. The van der Waals surface area contributed by atoms with Gasteiger partial charge in [-0.25, -0.2) is 0 Å². The van der Waals surface area contributed by atoms with Gasteiger partial charge in [0.25, 0.3) is 0 Å². The Labute approximate surface area is 125 Å². The van der Waals surface area contributed by atoms with Gasteiger partial charge in [-0.3, -0.25) is 9.80 Å². The maximum absolute atomic E-state index is 6.01. The third-order valence-electron chi connectivity index (χ3n) is 4.65. The lowest BCUT2D eigenvalue weighted by atomic mass is 10.0. The molecule has 0 bridgehead atoms. The molecule has 106 valence electrons. The molecule has 0 N–H and O–H groups in total.